The Morgan fingerprint density at radius 1 is 1.53 bits per heavy atom. The average molecular weight is 236 g/mol. The molecule has 3 rings (SSSR count). The van der Waals surface area contributed by atoms with Gasteiger partial charge in [0.05, 0.1) is 12.5 Å². The van der Waals surface area contributed by atoms with Crippen LogP contribution < -0.4 is 9.47 Å². The Kier molecular flexibility index (Phi) is 2.40. The summed E-state index contributed by atoms with van der Waals surface area (Å²) in [6.07, 6.45) is 0.750. The highest BCUT2D eigenvalue weighted by Gasteiger charge is 2.39. The first-order valence-electron chi connectivity index (χ1n) is 5.51. The fourth-order valence-electron chi connectivity index (χ4n) is 2.27. The highest BCUT2D eigenvalue weighted by Crippen LogP contribution is 2.45. The molecule has 1 saturated heterocycles. The van der Waals surface area contributed by atoms with Crippen molar-refractivity contribution in [3.63, 3.8) is 0 Å². The van der Waals surface area contributed by atoms with Crippen molar-refractivity contribution in [1.29, 1.82) is 0 Å². The number of carbonyl (C=O) groups is 1. The van der Waals surface area contributed by atoms with E-state index in [9.17, 15) is 4.79 Å². The Balaban J connectivity index is 1.82. The molecule has 2 heterocycles. The van der Waals surface area contributed by atoms with Gasteiger partial charge in [-0.25, -0.2) is 4.79 Å². The maximum atomic E-state index is 10.4. The summed E-state index contributed by atoms with van der Waals surface area (Å²) < 4.78 is 16.2. The van der Waals surface area contributed by atoms with Crippen LogP contribution in [0.3, 0.4) is 0 Å². The van der Waals surface area contributed by atoms with E-state index in [0.29, 0.717) is 12.4 Å². The summed E-state index contributed by atoms with van der Waals surface area (Å²) in [6.45, 7) is 0.374. The van der Waals surface area contributed by atoms with E-state index in [2.05, 4.69) is 0 Å². The Bertz CT molecular complexity index is 456. The maximum Gasteiger partial charge on any atom is 0.341 e. The van der Waals surface area contributed by atoms with Crippen LogP contribution in [0.15, 0.2) is 18.2 Å². The molecule has 1 aromatic carbocycles. The summed E-state index contributed by atoms with van der Waals surface area (Å²) in [4.78, 5) is 10.4. The van der Waals surface area contributed by atoms with Gasteiger partial charge in [-0.3, -0.25) is 0 Å². The van der Waals surface area contributed by atoms with Gasteiger partial charge in [-0.15, -0.1) is 0 Å². The second-order valence-corrected chi connectivity index (χ2v) is 4.13. The number of rotatable bonds is 3. The molecule has 5 nitrogen and oxygen atoms in total. The van der Waals surface area contributed by atoms with E-state index >= 15 is 0 Å². The number of benzene rings is 1. The topological polar surface area (TPSA) is 65.0 Å². The number of fused-ring (bicyclic) bond motifs is 3. The maximum absolute atomic E-state index is 10.4. The van der Waals surface area contributed by atoms with Gasteiger partial charge in [-0.05, 0) is 24.6 Å². The Morgan fingerprint density at radius 3 is 3.24 bits per heavy atom. The van der Waals surface area contributed by atoms with Crippen molar-refractivity contribution >= 4 is 5.97 Å². The molecule has 5 heteroatoms. The molecule has 2 atom stereocenters. The highest BCUT2D eigenvalue weighted by molar-refractivity contribution is 5.68. The molecule has 0 aromatic heterocycles. The molecular formula is C12H12O5. The quantitative estimate of drug-likeness (QED) is 0.858. The zero-order valence-corrected chi connectivity index (χ0v) is 9.09. The Morgan fingerprint density at radius 2 is 2.41 bits per heavy atom. The third-order valence-corrected chi connectivity index (χ3v) is 3.03. The van der Waals surface area contributed by atoms with E-state index in [1.165, 1.54) is 0 Å². The Hall–Kier alpha value is -1.75. The van der Waals surface area contributed by atoms with E-state index in [0.717, 1.165) is 17.7 Å². The minimum absolute atomic E-state index is 0.181. The summed E-state index contributed by atoms with van der Waals surface area (Å²) in [6, 6.07) is 5.36. The van der Waals surface area contributed by atoms with E-state index in [-0.39, 0.29) is 18.8 Å². The van der Waals surface area contributed by atoms with Gasteiger partial charge in [0.2, 0.25) is 6.29 Å². The lowest BCUT2D eigenvalue weighted by Crippen LogP contribution is -2.13. The highest BCUT2D eigenvalue weighted by atomic mass is 16.7. The zero-order chi connectivity index (χ0) is 11.8. The minimum atomic E-state index is -0.983. The van der Waals surface area contributed by atoms with Crippen molar-refractivity contribution in [1.82, 2.24) is 0 Å². The van der Waals surface area contributed by atoms with Gasteiger partial charge in [0.15, 0.2) is 6.61 Å². The van der Waals surface area contributed by atoms with Crippen molar-refractivity contribution < 1.29 is 24.1 Å². The molecule has 1 fully saturated rings. The van der Waals surface area contributed by atoms with Gasteiger partial charge < -0.3 is 19.3 Å². The minimum Gasteiger partial charge on any atom is -0.482 e. The zero-order valence-electron chi connectivity index (χ0n) is 9.09. The van der Waals surface area contributed by atoms with Gasteiger partial charge in [0.1, 0.15) is 11.5 Å². The van der Waals surface area contributed by atoms with Gasteiger partial charge in [-0.2, -0.15) is 0 Å². The predicted octanol–water partition coefficient (Wildman–Crippen LogP) is 1.37. The second kappa shape index (κ2) is 3.92. The first kappa shape index (κ1) is 10.4. The molecule has 0 bridgehead atoms. The SMILES string of the molecule is O=C(O)COc1ccc2c(c1)[C@@H]1CCO[C@H]1O2. The van der Waals surface area contributed by atoms with E-state index < -0.39 is 5.97 Å². The third-order valence-electron chi connectivity index (χ3n) is 3.03. The molecule has 17 heavy (non-hydrogen) atoms. The average Bonchev–Trinajstić information content (AvgIpc) is 2.86. The van der Waals surface area contributed by atoms with Crippen LogP contribution >= 0.6 is 0 Å². The number of hydrogen-bond donors (Lipinski definition) is 1. The molecule has 90 valence electrons. The van der Waals surface area contributed by atoms with Crippen LogP contribution in [-0.2, 0) is 9.53 Å². The van der Waals surface area contributed by atoms with Gasteiger partial charge in [0, 0.05) is 5.56 Å². The summed E-state index contributed by atoms with van der Waals surface area (Å²) in [5, 5.41) is 8.55. The predicted molar refractivity (Wildman–Crippen MR) is 57.3 cm³/mol. The van der Waals surface area contributed by atoms with E-state index in [1.54, 1.807) is 12.1 Å². The van der Waals surface area contributed by atoms with E-state index in [4.69, 9.17) is 19.3 Å². The van der Waals surface area contributed by atoms with Gasteiger partial charge in [0.25, 0.3) is 0 Å². The smallest absolute Gasteiger partial charge is 0.341 e. The number of carboxylic acids is 1. The number of aliphatic carboxylic acids is 1. The molecule has 0 radical (unpaired) electrons. The first-order chi connectivity index (χ1) is 8.24. The Labute approximate surface area is 97.9 Å². The fraction of sp³-hybridized carbons (Fsp3) is 0.417. The van der Waals surface area contributed by atoms with E-state index in [1.807, 2.05) is 6.07 Å². The number of carboxylic acid groups (broad SMARTS) is 1. The molecule has 0 unspecified atom stereocenters. The van der Waals surface area contributed by atoms with Crippen LogP contribution in [0.1, 0.15) is 17.9 Å². The second-order valence-electron chi connectivity index (χ2n) is 4.13. The number of hydrogen-bond acceptors (Lipinski definition) is 4. The van der Waals surface area contributed by atoms with Crippen molar-refractivity contribution in [2.24, 2.45) is 0 Å². The van der Waals surface area contributed by atoms with Gasteiger partial charge >= 0.3 is 5.97 Å². The first-order valence-corrected chi connectivity index (χ1v) is 5.51. The lowest BCUT2D eigenvalue weighted by molar-refractivity contribution is -0.139. The molecule has 0 amide bonds. The molecular weight excluding hydrogens is 224 g/mol. The summed E-state index contributed by atoms with van der Waals surface area (Å²) in [5.41, 5.74) is 1.05. The normalized spacial score (nSPS) is 24.9. The van der Waals surface area contributed by atoms with Crippen molar-refractivity contribution in [3.05, 3.63) is 23.8 Å². The summed E-state index contributed by atoms with van der Waals surface area (Å²) in [7, 11) is 0. The third kappa shape index (κ3) is 1.82. The summed E-state index contributed by atoms with van der Waals surface area (Å²) in [5.74, 6) is 0.631. The molecule has 1 aromatic rings. The standard InChI is InChI=1S/C12H12O5/c13-11(14)6-16-7-1-2-10-9(5-7)8-3-4-15-12(8)17-10/h1-2,5,8,12H,3-4,6H2,(H,13,14)/t8-,12-/m0/s1. The van der Waals surface area contributed by atoms with Crippen LogP contribution in [0, 0.1) is 0 Å². The van der Waals surface area contributed by atoms with Crippen LogP contribution in [0.4, 0.5) is 0 Å². The van der Waals surface area contributed by atoms with Crippen LogP contribution in [0.2, 0.25) is 0 Å². The molecule has 0 spiro atoms. The summed E-state index contributed by atoms with van der Waals surface area (Å²) >= 11 is 0. The monoisotopic (exact) mass is 236 g/mol. The van der Waals surface area contributed by atoms with Crippen molar-refractivity contribution in [3.8, 4) is 11.5 Å². The molecule has 2 aliphatic rings. The molecule has 2 aliphatic heterocycles. The van der Waals surface area contributed by atoms with Crippen LogP contribution in [0.5, 0.6) is 11.5 Å². The van der Waals surface area contributed by atoms with Crippen molar-refractivity contribution in [2.45, 2.75) is 18.6 Å². The van der Waals surface area contributed by atoms with Crippen LogP contribution in [-0.4, -0.2) is 30.6 Å². The largest absolute Gasteiger partial charge is 0.482 e. The van der Waals surface area contributed by atoms with Crippen molar-refractivity contribution in [2.75, 3.05) is 13.2 Å². The fourth-order valence-corrected chi connectivity index (χ4v) is 2.27. The lowest BCUT2D eigenvalue weighted by Gasteiger charge is -2.06. The molecule has 0 saturated carbocycles. The van der Waals surface area contributed by atoms with Crippen LogP contribution in [0.25, 0.3) is 0 Å². The molecule has 1 N–H and O–H groups in total. The molecule has 0 aliphatic carbocycles. The number of ether oxygens (including phenoxy) is 3. The van der Waals surface area contributed by atoms with Gasteiger partial charge in [-0.1, -0.05) is 0 Å². The lowest BCUT2D eigenvalue weighted by atomic mass is 9.98.